The van der Waals surface area contributed by atoms with Crippen LogP contribution in [-0.2, 0) is 0 Å². The zero-order chi connectivity index (χ0) is 10.6. The van der Waals surface area contributed by atoms with Crippen LogP contribution >= 0.6 is 0 Å². The molecule has 1 rings (SSSR count). The van der Waals surface area contributed by atoms with E-state index in [9.17, 15) is 0 Å². The SMILES string of the molecule is Cc1cc(C)nc(N[C@H](C)CCO)n1. The molecule has 1 atom stereocenters. The molecule has 14 heavy (non-hydrogen) atoms. The first kappa shape index (κ1) is 10.9. The lowest BCUT2D eigenvalue weighted by molar-refractivity contribution is 0.282. The molecule has 0 aromatic carbocycles. The first-order valence-corrected chi connectivity index (χ1v) is 4.81. The molecule has 0 bridgehead atoms. The van der Waals surface area contributed by atoms with Gasteiger partial charge in [0, 0.05) is 24.0 Å². The summed E-state index contributed by atoms with van der Waals surface area (Å²) < 4.78 is 0. The van der Waals surface area contributed by atoms with Gasteiger partial charge >= 0.3 is 0 Å². The molecular formula is C10H17N3O. The fraction of sp³-hybridized carbons (Fsp3) is 0.600. The van der Waals surface area contributed by atoms with Crippen molar-refractivity contribution in [2.75, 3.05) is 11.9 Å². The van der Waals surface area contributed by atoms with Crippen LogP contribution in [0.25, 0.3) is 0 Å². The van der Waals surface area contributed by atoms with Gasteiger partial charge < -0.3 is 10.4 Å². The van der Waals surface area contributed by atoms with E-state index in [1.807, 2.05) is 26.8 Å². The number of rotatable bonds is 4. The Morgan fingerprint density at radius 1 is 1.36 bits per heavy atom. The molecule has 1 heterocycles. The van der Waals surface area contributed by atoms with Crippen LogP contribution in [0.2, 0.25) is 0 Å². The zero-order valence-corrected chi connectivity index (χ0v) is 8.91. The lowest BCUT2D eigenvalue weighted by Crippen LogP contribution is -2.18. The molecule has 0 aliphatic rings. The topological polar surface area (TPSA) is 58.0 Å². The maximum Gasteiger partial charge on any atom is 0.223 e. The van der Waals surface area contributed by atoms with Gasteiger partial charge in [0.2, 0.25) is 5.95 Å². The van der Waals surface area contributed by atoms with Gasteiger partial charge in [-0.2, -0.15) is 0 Å². The number of hydrogen-bond donors (Lipinski definition) is 2. The Kier molecular flexibility index (Phi) is 3.83. The van der Waals surface area contributed by atoms with Gasteiger partial charge in [-0.3, -0.25) is 0 Å². The Labute approximate surface area is 84.4 Å². The van der Waals surface area contributed by atoms with Crippen molar-refractivity contribution in [3.05, 3.63) is 17.5 Å². The van der Waals surface area contributed by atoms with Gasteiger partial charge in [0.15, 0.2) is 0 Å². The molecule has 1 aromatic rings. The van der Waals surface area contributed by atoms with Gasteiger partial charge in [0.05, 0.1) is 0 Å². The molecular weight excluding hydrogens is 178 g/mol. The monoisotopic (exact) mass is 195 g/mol. The quantitative estimate of drug-likeness (QED) is 0.759. The summed E-state index contributed by atoms with van der Waals surface area (Å²) in [5.41, 5.74) is 1.91. The van der Waals surface area contributed by atoms with Crippen LogP contribution in [0.3, 0.4) is 0 Å². The summed E-state index contributed by atoms with van der Waals surface area (Å²) in [5.74, 6) is 0.642. The average molecular weight is 195 g/mol. The van der Waals surface area contributed by atoms with Gasteiger partial charge in [-0.1, -0.05) is 0 Å². The van der Waals surface area contributed by atoms with Crippen molar-refractivity contribution in [3.63, 3.8) is 0 Å². The van der Waals surface area contributed by atoms with E-state index in [0.717, 1.165) is 11.4 Å². The Morgan fingerprint density at radius 3 is 2.43 bits per heavy atom. The highest BCUT2D eigenvalue weighted by Gasteiger charge is 2.03. The Bertz CT molecular complexity index is 281. The normalized spacial score (nSPS) is 12.6. The van der Waals surface area contributed by atoms with Gasteiger partial charge in [0.25, 0.3) is 0 Å². The van der Waals surface area contributed by atoms with Crippen molar-refractivity contribution in [2.45, 2.75) is 33.2 Å². The van der Waals surface area contributed by atoms with E-state index < -0.39 is 0 Å². The maximum atomic E-state index is 8.74. The van der Waals surface area contributed by atoms with Crippen LogP contribution in [0.15, 0.2) is 6.07 Å². The zero-order valence-electron chi connectivity index (χ0n) is 8.91. The molecule has 4 heteroatoms. The lowest BCUT2D eigenvalue weighted by Gasteiger charge is -2.12. The standard InChI is InChI=1S/C10H17N3O/c1-7(4-5-14)11-10-12-8(2)6-9(3)13-10/h6-7,14H,4-5H2,1-3H3,(H,11,12,13)/t7-/m1/s1. The van der Waals surface area contributed by atoms with Crippen LogP contribution in [0.5, 0.6) is 0 Å². The molecule has 1 aromatic heterocycles. The summed E-state index contributed by atoms with van der Waals surface area (Å²) in [6.45, 7) is 6.06. The van der Waals surface area contributed by atoms with E-state index in [1.54, 1.807) is 0 Å². The summed E-state index contributed by atoms with van der Waals surface area (Å²) in [6, 6.07) is 2.13. The largest absolute Gasteiger partial charge is 0.396 e. The molecule has 4 nitrogen and oxygen atoms in total. The molecule has 0 radical (unpaired) electrons. The molecule has 78 valence electrons. The fourth-order valence-electron chi connectivity index (χ4n) is 1.28. The third-order valence-corrected chi connectivity index (χ3v) is 1.92. The molecule has 0 spiro atoms. The van der Waals surface area contributed by atoms with Crippen LogP contribution < -0.4 is 5.32 Å². The van der Waals surface area contributed by atoms with Crippen LogP contribution in [0.1, 0.15) is 24.7 Å². The third-order valence-electron chi connectivity index (χ3n) is 1.92. The van der Waals surface area contributed by atoms with E-state index in [1.165, 1.54) is 0 Å². The van der Waals surface area contributed by atoms with E-state index in [-0.39, 0.29) is 12.6 Å². The maximum absolute atomic E-state index is 8.74. The summed E-state index contributed by atoms with van der Waals surface area (Å²) in [5, 5.41) is 11.9. The molecule has 0 aliphatic carbocycles. The van der Waals surface area contributed by atoms with Crippen molar-refractivity contribution in [3.8, 4) is 0 Å². The highest BCUT2D eigenvalue weighted by Crippen LogP contribution is 2.06. The lowest BCUT2D eigenvalue weighted by atomic mass is 10.2. The summed E-state index contributed by atoms with van der Waals surface area (Å²) >= 11 is 0. The van der Waals surface area contributed by atoms with Crippen molar-refractivity contribution >= 4 is 5.95 Å². The second-order valence-corrected chi connectivity index (χ2v) is 3.53. The molecule has 0 aliphatic heterocycles. The molecule has 0 saturated heterocycles. The van der Waals surface area contributed by atoms with Crippen molar-refractivity contribution < 1.29 is 5.11 Å². The first-order valence-electron chi connectivity index (χ1n) is 4.81. The van der Waals surface area contributed by atoms with Crippen LogP contribution in [0, 0.1) is 13.8 Å². The molecule has 0 fully saturated rings. The predicted octanol–water partition coefficient (Wildman–Crippen LogP) is 1.28. The summed E-state index contributed by atoms with van der Waals surface area (Å²) in [7, 11) is 0. The minimum Gasteiger partial charge on any atom is -0.396 e. The second kappa shape index (κ2) is 4.91. The number of anilines is 1. The molecule has 2 N–H and O–H groups in total. The summed E-state index contributed by atoms with van der Waals surface area (Å²) in [4.78, 5) is 8.50. The predicted molar refractivity (Wildman–Crippen MR) is 56.3 cm³/mol. The van der Waals surface area contributed by atoms with E-state index in [0.29, 0.717) is 12.4 Å². The highest BCUT2D eigenvalue weighted by atomic mass is 16.3. The summed E-state index contributed by atoms with van der Waals surface area (Å²) in [6.07, 6.45) is 0.705. The molecule has 0 amide bonds. The van der Waals surface area contributed by atoms with E-state index in [2.05, 4.69) is 15.3 Å². The highest BCUT2D eigenvalue weighted by molar-refractivity contribution is 5.28. The van der Waals surface area contributed by atoms with Crippen molar-refractivity contribution in [1.82, 2.24) is 9.97 Å². The number of aromatic nitrogens is 2. The van der Waals surface area contributed by atoms with Gasteiger partial charge in [-0.15, -0.1) is 0 Å². The number of hydrogen-bond acceptors (Lipinski definition) is 4. The Hall–Kier alpha value is -1.16. The number of nitrogens with one attached hydrogen (secondary N) is 1. The van der Waals surface area contributed by atoms with Gasteiger partial charge in [0.1, 0.15) is 0 Å². The number of aliphatic hydroxyl groups is 1. The molecule has 0 saturated carbocycles. The van der Waals surface area contributed by atoms with Crippen LogP contribution in [-0.4, -0.2) is 27.7 Å². The number of aryl methyl sites for hydroxylation is 2. The smallest absolute Gasteiger partial charge is 0.223 e. The molecule has 0 unspecified atom stereocenters. The number of nitrogens with zero attached hydrogens (tertiary/aromatic N) is 2. The minimum absolute atomic E-state index is 0.180. The second-order valence-electron chi connectivity index (χ2n) is 3.53. The van der Waals surface area contributed by atoms with Gasteiger partial charge in [-0.25, -0.2) is 9.97 Å². The van der Waals surface area contributed by atoms with Gasteiger partial charge in [-0.05, 0) is 33.3 Å². The Morgan fingerprint density at radius 2 is 1.93 bits per heavy atom. The third kappa shape index (κ3) is 3.30. The van der Waals surface area contributed by atoms with Crippen molar-refractivity contribution in [2.24, 2.45) is 0 Å². The van der Waals surface area contributed by atoms with E-state index in [4.69, 9.17) is 5.11 Å². The first-order chi connectivity index (χ1) is 6.61. The average Bonchev–Trinajstić information content (AvgIpc) is 2.01. The van der Waals surface area contributed by atoms with E-state index >= 15 is 0 Å². The van der Waals surface area contributed by atoms with Crippen LogP contribution in [0.4, 0.5) is 5.95 Å². The fourth-order valence-corrected chi connectivity index (χ4v) is 1.28. The minimum atomic E-state index is 0.180. The number of aliphatic hydroxyl groups excluding tert-OH is 1. The van der Waals surface area contributed by atoms with Crippen molar-refractivity contribution in [1.29, 1.82) is 0 Å². The Balaban J connectivity index is 2.66.